The van der Waals surface area contributed by atoms with E-state index in [1.54, 1.807) is 25.2 Å². The normalized spacial score (nSPS) is 12.5. The van der Waals surface area contributed by atoms with Crippen LogP contribution in [-0.2, 0) is 0 Å². The summed E-state index contributed by atoms with van der Waals surface area (Å²) in [6, 6.07) is 9.99. The molecule has 0 heterocycles. The summed E-state index contributed by atoms with van der Waals surface area (Å²) in [7, 11) is 1.76. The van der Waals surface area contributed by atoms with Crippen molar-refractivity contribution >= 4 is 39.1 Å². The Morgan fingerprint density at radius 2 is 1.95 bits per heavy atom. The van der Waals surface area contributed by atoms with Gasteiger partial charge in [0.15, 0.2) is 0 Å². The molecule has 2 rings (SSSR count). The number of rotatable bonds is 3. The fraction of sp³-hybridized carbons (Fsp3) is 0.143. The highest BCUT2D eigenvalue weighted by atomic mass is 79.9. The Balaban J connectivity index is 2.51. The highest BCUT2D eigenvalue weighted by Crippen LogP contribution is 2.32. The lowest BCUT2D eigenvalue weighted by Crippen LogP contribution is -2.19. The molecule has 1 atom stereocenters. The van der Waals surface area contributed by atoms with Crippen LogP contribution in [0.2, 0.25) is 10.0 Å². The molecule has 0 fully saturated rings. The summed E-state index contributed by atoms with van der Waals surface area (Å²) in [5, 5.41) is 4.16. The average molecular weight is 363 g/mol. The van der Waals surface area contributed by atoms with Crippen molar-refractivity contribution in [1.82, 2.24) is 5.32 Å². The molecule has 0 spiro atoms. The Morgan fingerprint density at radius 3 is 2.58 bits per heavy atom. The van der Waals surface area contributed by atoms with Gasteiger partial charge in [-0.1, -0.05) is 35.3 Å². The molecule has 0 aromatic heterocycles. The highest BCUT2D eigenvalue weighted by molar-refractivity contribution is 9.10. The van der Waals surface area contributed by atoms with Gasteiger partial charge in [0.1, 0.15) is 5.82 Å². The van der Waals surface area contributed by atoms with Gasteiger partial charge in [0.25, 0.3) is 0 Å². The van der Waals surface area contributed by atoms with Gasteiger partial charge in [-0.05, 0) is 52.8 Å². The summed E-state index contributed by atoms with van der Waals surface area (Å²) in [6.45, 7) is 0. The maximum Gasteiger partial charge on any atom is 0.129 e. The zero-order valence-electron chi connectivity index (χ0n) is 10.1. The van der Waals surface area contributed by atoms with Crippen LogP contribution in [0.15, 0.2) is 40.9 Å². The number of benzene rings is 2. The van der Waals surface area contributed by atoms with Crippen molar-refractivity contribution in [3.63, 3.8) is 0 Å². The molecule has 0 aliphatic heterocycles. The molecule has 0 bridgehead atoms. The van der Waals surface area contributed by atoms with E-state index >= 15 is 0 Å². The average Bonchev–Trinajstić information content (AvgIpc) is 2.36. The predicted octanol–water partition coefficient (Wildman–Crippen LogP) is 5.20. The number of hydrogen-bond donors (Lipinski definition) is 1. The highest BCUT2D eigenvalue weighted by Gasteiger charge is 2.18. The second-order valence-electron chi connectivity index (χ2n) is 4.06. The summed E-state index contributed by atoms with van der Waals surface area (Å²) in [6.07, 6.45) is 0. The van der Waals surface area contributed by atoms with Gasteiger partial charge in [0.2, 0.25) is 0 Å². The van der Waals surface area contributed by atoms with Crippen LogP contribution in [0.3, 0.4) is 0 Å². The van der Waals surface area contributed by atoms with Crippen molar-refractivity contribution in [1.29, 1.82) is 0 Å². The lowest BCUT2D eigenvalue weighted by Gasteiger charge is -2.19. The summed E-state index contributed by atoms with van der Waals surface area (Å²) in [5.41, 5.74) is 1.37. The van der Waals surface area contributed by atoms with Crippen LogP contribution >= 0.6 is 39.1 Å². The molecule has 0 aliphatic carbocycles. The van der Waals surface area contributed by atoms with Crippen LogP contribution in [0.1, 0.15) is 17.2 Å². The van der Waals surface area contributed by atoms with Gasteiger partial charge in [-0.2, -0.15) is 0 Å². The van der Waals surface area contributed by atoms with Crippen LogP contribution in [-0.4, -0.2) is 7.05 Å². The fourth-order valence-corrected chi connectivity index (χ4v) is 2.63. The molecule has 19 heavy (non-hydrogen) atoms. The number of nitrogens with one attached hydrogen (secondary N) is 1. The minimum absolute atomic E-state index is 0.302. The third-order valence-corrected chi connectivity index (χ3v) is 4.25. The van der Waals surface area contributed by atoms with Crippen molar-refractivity contribution in [2.24, 2.45) is 0 Å². The number of hydrogen-bond acceptors (Lipinski definition) is 1. The van der Waals surface area contributed by atoms with Crippen molar-refractivity contribution in [2.45, 2.75) is 6.04 Å². The van der Waals surface area contributed by atoms with E-state index in [0.717, 1.165) is 5.56 Å². The molecule has 0 saturated heterocycles. The van der Waals surface area contributed by atoms with E-state index in [1.807, 2.05) is 12.1 Å². The van der Waals surface area contributed by atoms with Gasteiger partial charge in [-0.3, -0.25) is 0 Å². The molecule has 5 heteroatoms. The van der Waals surface area contributed by atoms with Crippen LogP contribution < -0.4 is 5.32 Å². The molecule has 0 aliphatic rings. The summed E-state index contributed by atoms with van der Waals surface area (Å²) >= 11 is 15.2. The second-order valence-corrected chi connectivity index (χ2v) is 5.76. The van der Waals surface area contributed by atoms with Crippen LogP contribution in [0.4, 0.5) is 4.39 Å². The summed E-state index contributed by atoms with van der Waals surface area (Å²) < 4.78 is 14.6. The molecule has 1 unspecified atom stereocenters. The fourth-order valence-electron chi connectivity index (χ4n) is 1.95. The lowest BCUT2D eigenvalue weighted by molar-refractivity contribution is 0.575. The van der Waals surface area contributed by atoms with Crippen LogP contribution in [0.5, 0.6) is 0 Å². The Bertz CT molecular complexity index is 604. The molecular formula is C14H11BrCl2FN. The van der Waals surface area contributed by atoms with Crippen molar-refractivity contribution in [2.75, 3.05) is 7.05 Å². The largest absolute Gasteiger partial charge is 0.309 e. The van der Waals surface area contributed by atoms with E-state index in [2.05, 4.69) is 21.2 Å². The maximum atomic E-state index is 14.1. The molecule has 2 aromatic carbocycles. The minimum atomic E-state index is -0.324. The van der Waals surface area contributed by atoms with Gasteiger partial charge < -0.3 is 5.32 Å². The van der Waals surface area contributed by atoms with Gasteiger partial charge in [0, 0.05) is 15.1 Å². The molecule has 100 valence electrons. The Kier molecular flexibility index (Phi) is 4.85. The van der Waals surface area contributed by atoms with Gasteiger partial charge in [0.05, 0.1) is 11.1 Å². The molecule has 0 saturated carbocycles. The second kappa shape index (κ2) is 6.23. The van der Waals surface area contributed by atoms with Crippen LogP contribution in [0.25, 0.3) is 0 Å². The summed E-state index contributed by atoms with van der Waals surface area (Å²) in [4.78, 5) is 0. The molecule has 2 aromatic rings. The zero-order chi connectivity index (χ0) is 14.0. The Hall–Kier alpha value is -0.610. The monoisotopic (exact) mass is 361 g/mol. The predicted molar refractivity (Wildman–Crippen MR) is 81.5 cm³/mol. The van der Waals surface area contributed by atoms with Crippen molar-refractivity contribution in [3.05, 3.63) is 67.9 Å². The Labute approximate surface area is 129 Å². The van der Waals surface area contributed by atoms with Crippen LogP contribution in [0, 0.1) is 5.82 Å². The van der Waals surface area contributed by atoms with E-state index in [1.165, 1.54) is 6.07 Å². The van der Waals surface area contributed by atoms with Gasteiger partial charge in [-0.15, -0.1) is 0 Å². The first-order valence-corrected chi connectivity index (χ1v) is 7.15. The molecule has 1 N–H and O–H groups in total. The third kappa shape index (κ3) is 3.29. The molecular weight excluding hydrogens is 352 g/mol. The first-order valence-electron chi connectivity index (χ1n) is 5.60. The summed E-state index contributed by atoms with van der Waals surface area (Å²) in [5.74, 6) is -0.324. The van der Waals surface area contributed by atoms with E-state index in [4.69, 9.17) is 23.2 Å². The van der Waals surface area contributed by atoms with E-state index in [0.29, 0.717) is 20.1 Å². The first kappa shape index (κ1) is 14.8. The quantitative estimate of drug-likeness (QED) is 0.739. The smallest absolute Gasteiger partial charge is 0.129 e. The first-order chi connectivity index (χ1) is 9.02. The minimum Gasteiger partial charge on any atom is -0.309 e. The topological polar surface area (TPSA) is 12.0 Å². The third-order valence-electron chi connectivity index (χ3n) is 2.82. The lowest BCUT2D eigenvalue weighted by atomic mass is 9.98. The molecule has 1 nitrogen and oxygen atoms in total. The maximum absolute atomic E-state index is 14.1. The zero-order valence-corrected chi connectivity index (χ0v) is 13.2. The van der Waals surface area contributed by atoms with E-state index in [9.17, 15) is 4.39 Å². The SMILES string of the molecule is CNC(c1cccc(Cl)c1)c1cc(Cl)c(Br)cc1F. The van der Waals surface area contributed by atoms with Crippen molar-refractivity contribution < 1.29 is 4.39 Å². The molecule has 0 radical (unpaired) electrons. The molecule has 0 amide bonds. The van der Waals surface area contributed by atoms with Crippen molar-refractivity contribution in [3.8, 4) is 0 Å². The number of halogens is 4. The van der Waals surface area contributed by atoms with Gasteiger partial charge in [-0.25, -0.2) is 4.39 Å². The van der Waals surface area contributed by atoms with E-state index in [-0.39, 0.29) is 11.9 Å². The van der Waals surface area contributed by atoms with E-state index < -0.39 is 0 Å². The Morgan fingerprint density at radius 1 is 1.21 bits per heavy atom. The standard InChI is InChI=1S/C14H11BrCl2FN/c1-19-14(8-3-2-4-9(16)5-8)10-6-12(17)11(15)7-13(10)18/h2-7,14,19H,1H3. The van der Waals surface area contributed by atoms with Gasteiger partial charge >= 0.3 is 0 Å².